The van der Waals surface area contributed by atoms with E-state index in [9.17, 15) is 9.59 Å². The van der Waals surface area contributed by atoms with E-state index in [-0.39, 0.29) is 30.2 Å². The summed E-state index contributed by atoms with van der Waals surface area (Å²) in [6.07, 6.45) is 1.96. The van der Waals surface area contributed by atoms with Crippen LogP contribution in [-0.2, 0) is 16.0 Å². The molecular weight excluding hydrogens is 340 g/mol. The molecule has 0 aliphatic carbocycles. The van der Waals surface area contributed by atoms with Gasteiger partial charge in [0.1, 0.15) is 5.75 Å². The van der Waals surface area contributed by atoms with Crippen LogP contribution in [0.5, 0.6) is 5.75 Å². The molecule has 0 radical (unpaired) electrons. The number of para-hydroxylation sites is 1. The van der Waals surface area contributed by atoms with Crippen molar-refractivity contribution < 1.29 is 14.3 Å². The lowest BCUT2D eigenvalue weighted by Gasteiger charge is -2.27. The number of aryl methyl sites for hydroxylation is 1. The molecule has 0 saturated carbocycles. The molecule has 2 heterocycles. The van der Waals surface area contributed by atoms with E-state index in [4.69, 9.17) is 4.74 Å². The van der Waals surface area contributed by atoms with Crippen LogP contribution in [0.25, 0.3) is 0 Å². The number of rotatable bonds is 4. The van der Waals surface area contributed by atoms with Gasteiger partial charge in [0, 0.05) is 30.6 Å². The zero-order valence-corrected chi connectivity index (χ0v) is 15.5. The number of hydrogen-bond acceptors (Lipinski definition) is 3. The second-order valence-electron chi connectivity index (χ2n) is 7.16. The smallest absolute Gasteiger partial charge is 0.227 e. The van der Waals surface area contributed by atoms with E-state index in [1.807, 2.05) is 48.5 Å². The third-order valence-electron chi connectivity index (χ3n) is 5.43. The quantitative estimate of drug-likeness (QED) is 0.906. The highest BCUT2D eigenvalue weighted by Crippen LogP contribution is 2.32. The molecule has 0 bridgehead atoms. The molecule has 2 aliphatic rings. The molecule has 5 heteroatoms. The Labute approximate surface area is 159 Å². The van der Waals surface area contributed by atoms with Gasteiger partial charge in [0.25, 0.3) is 0 Å². The highest BCUT2D eigenvalue weighted by atomic mass is 16.5. The van der Waals surface area contributed by atoms with Gasteiger partial charge in [-0.05, 0) is 30.2 Å². The lowest BCUT2D eigenvalue weighted by Crippen LogP contribution is -2.37. The summed E-state index contributed by atoms with van der Waals surface area (Å²) in [5.41, 5.74) is 3.11. The lowest BCUT2D eigenvalue weighted by molar-refractivity contribution is -0.127. The molecule has 27 heavy (non-hydrogen) atoms. The molecule has 0 aromatic heterocycles. The number of anilines is 1. The van der Waals surface area contributed by atoms with Gasteiger partial charge < -0.3 is 15.0 Å². The summed E-state index contributed by atoms with van der Waals surface area (Å²) in [7, 11) is 0. The Bertz CT molecular complexity index is 847. The van der Waals surface area contributed by atoms with E-state index in [0.717, 1.165) is 29.8 Å². The predicted molar refractivity (Wildman–Crippen MR) is 104 cm³/mol. The minimum absolute atomic E-state index is 0.00627. The van der Waals surface area contributed by atoms with Crippen molar-refractivity contribution in [3.05, 3.63) is 59.7 Å². The number of amides is 2. The third kappa shape index (κ3) is 3.54. The van der Waals surface area contributed by atoms with Crippen LogP contribution in [0.4, 0.5) is 5.69 Å². The monoisotopic (exact) mass is 364 g/mol. The Morgan fingerprint density at radius 1 is 1.19 bits per heavy atom. The fraction of sp³-hybridized carbons (Fsp3) is 0.364. The van der Waals surface area contributed by atoms with Crippen LogP contribution in [0, 0.1) is 5.92 Å². The molecule has 4 rings (SSSR count). The fourth-order valence-corrected chi connectivity index (χ4v) is 3.83. The number of nitrogens with zero attached hydrogens (tertiary/aromatic N) is 1. The van der Waals surface area contributed by atoms with Gasteiger partial charge in [0.05, 0.1) is 18.6 Å². The average Bonchev–Trinajstić information content (AvgIpc) is 3.10. The zero-order chi connectivity index (χ0) is 18.8. The summed E-state index contributed by atoms with van der Waals surface area (Å²) >= 11 is 0. The largest absolute Gasteiger partial charge is 0.493 e. The van der Waals surface area contributed by atoms with Crippen molar-refractivity contribution in [2.45, 2.75) is 32.2 Å². The van der Waals surface area contributed by atoms with Crippen LogP contribution in [0.1, 0.15) is 36.9 Å². The number of fused-ring (bicyclic) bond motifs is 1. The minimum Gasteiger partial charge on any atom is -0.493 e. The molecule has 2 aromatic rings. The number of carbonyl (C=O) groups excluding carboxylic acids is 2. The molecule has 1 fully saturated rings. The van der Waals surface area contributed by atoms with Gasteiger partial charge in [0.15, 0.2) is 0 Å². The predicted octanol–water partition coefficient (Wildman–Crippen LogP) is 3.24. The first-order valence-corrected chi connectivity index (χ1v) is 9.57. The van der Waals surface area contributed by atoms with Gasteiger partial charge in [-0.25, -0.2) is 0 Å². The summed E-state index contributed by atoms with van der Waals surface area (Å²) in [6, 6.07) is 15.7. The van der Waals surface area contributed by atoms with Crippen LogP contribution >= 0.6 is 0 Å². The normalized spacial score (nSPS) is 21.5. The van der Waals surface area contributed by atoms with Crippen molar-refractivity contribution >= 4 is 17.5 Å². The van der Waals surface area contributed by atoms with E-state index >= 15 is 0 Å². The van der Waals surface area contributed by atoms with Gasteiger partial charge in [0.2, 0.25) is 11.8 Å². The molecule has 2 amide bonds. The Morgan fingerprint density at radius 3 is 2.74 bits per heavy atom. The van der Waals surface area contributed by atoms with Gasteiger partial charge >= 0.3 is 0 Å². The molecule has 2 aliphatic heterocycles. The summed E-state index contributed by atoms with van der Waals surface area (Å²) in [5.74, 6) is 0.456. The molecule has 140 valence electrons. The molecular formula is C22H24N2O3. The van der Waals surface area contributed by atoms with Gasteiger partial charge in [-0.3, -0.25) is 9.59 Å². The van der Waals surface area contributed by atoms with Crippen molar-refractivity contribution in [3.8, 4) is 5.75 Å². The van der Waals surface area contributed by atoms with Crippen LogP contribution in [0.2, 0.25) is 0 Å². The molecule has 2 atom stereocenters. The molecule has 0 spiro atoms. The minimum atomic E-state index is -0.321. The third-order valence-corrected chi connectivity index (χ3v) is 5.43. The second kappa shape index (κ2) is 7.43. The Hall–Kier alpha value is -2.82. The van der Waals surface area contributed by atoms with Crippen LogP contribution in [-0.4, -0.2) is 25.0 Å². The van der Waals surface area contributed by atoms with Crippen LogP contribution in [0.3, 0.4) is 0 Å². The molecule has 2 unspecified atom stereocenters. The van der Waals surface area contributed by atoms with Crippen molar-refractivity contribution in [2.24, 2.45) is 5.92 Å². The lowest BCUT2D eigenvalue weighted by atomic mass is 9.99. The summed E-state index contributed by atoms with van der Waals surface area (Å²) in [4.78, 5) is 27.0. The second-order valence-corrected chi connectivity index (χ2v) is 7.16. The van der Waals surface area contributed by atoms with E-state index in [1.54, 1.807) is 4.90 Å². The maximum atomic E-state index is 12.8. The van der Waals surface area contributed by atoms with Crippen molar-refractivity contribution in [3.63, 3.8) is 0 Å². The highest BCUT2D eigenvalue weighted by Gasteiger charge is 2.36. The first kappa shape index (κ1) is 17.6. The van der Waals surface area contributed by atoms with Gasteiger partial charge in [-0.15, -0.1) is 0 Å². The number of benzene rings is 2. The van der Waals surface area contributed by atoms with Crippen LogP contribution in [0.15, 0.2) is 48.5 Å². The summed E-state index contributed by atoms with van der Waals surface area (Å²) in [6.45, 7) is 3.12. The molecule has 2 aromatic carbocycles. The zero-order valence-electron chi connectivity index (χ0n) is 15.5. The van der Waals surface area contributed by atoms with E-state index in [0.29, 0.717) is 13.2 Å². The maximum Gasteiger partial charge on any atom is 0.227 e. The SMILES string of the molecule is CCc1ccc(N2CC(C(=O)NC3CCOc4ccccc43)CC2=O)cc1. The number of carbonyl (C=O) groups is 2. The standard InChI is InChI=1S/C22H24N2O3/c1-2-15-7-9-17(10-8-15)24-14-16(13-21(24)25)22(26)23-19-11-12-27-20-6-4-3-5-18(19)20/h3-10,16,19H,2,11-14H2,1H3,(H,23,26). The van der Waals surface area contributed by atoms with Gasteiger partial charge in [-0.1, -0.05) is 37.3 Å². The Kier molecular flexibility index (Phi) is 4.84. The molecule has 1 saturated heterocycles. The average molecular weight is 364 g/mol. The Morgan fingerprint density at radius 2 is 1.96 bits per heavy atom. The summed E-state index contributed by atoms with van der Waals surface area (Å²) in [5, 5.41) is 3.13. The highest BCUT2D eigenvalue weighted by molar-refractivity contribution is 6.00. The first-order chi connectivity index (χ1) is 13.2. The van der Waals surface area contributed by atoms with Crippen LogP contribution < -0.4 is 15.0 Å². The maximum absolute atomic E-state index is 12.8. The van der Waals surface area contributed by atoms with Crippen molar-refractivity contribution in [2.75, 3.05) is 18.1 Å². The number of hydrogen-bond donors (Lipinski definition) is 1. The topological polar surface area (TPSA) is 58.6 Å². The Balaban J connectivity index is 1.44. The van der Waals surface area contributed by atoms with Crippen molar-refractivity contribution in [1.29, 1.82) is 0 Å². The number of nitrogens with one attached hydrogen (secondary N) is 1. The van der Waals surface area contributed by atoms with E-state index < -0.39 is 0 Å². The fourth-order valence-electron chi connectivity index (χ4n) is 3.83. The first-order valence-electron chi connectivity index (χ1n) is 9.57. The summed E-state index contributed by atoms with van der Waals surface area (Å²) < 4.78 is 5.66. The van der Waals surface area contributed by atoms with Crippen molar-refractivity contribution in [1.82, 2.24) is 5.32 Å². The molecule has 5 nitrogen and oxygen atoms in total. The number of ether oxygens (including phenoxy) is 1. The van der Waals surface area contributed by atoms with E-state index in [2.05, 4.69) is 12.2 Å². The van der Waals surface area contributed by atoms with E-state index in [1.165, 1.54) is 5.56 Å². The van der Waals surface area contributed by atoms with Gasteiger partial charge in [-0.2, -0.15) is 0 Å². The molecule has 1 N–H and O–H groups in total.